The molecule has 0 bridgehead atoms. The van der Waals surface area contributed by atoms with Crippen molar-refractivity contribution in [2.75, 3.05) is 37.6 Å². The van der Waals surface area contributed by atoms with Crippen LogP contribution in [-0.4, -0.2) is 59.6 Å². The smallest absolute Gasteiger partial charge is 0.303 e. The Morgan fingerprint density at radius 1 is 0.968 bits per heavy atom. The van der Waals surface area contributed by atoms with Gasteiger partial charge < -0.3 is 15.2 Å². The SMILES string of the molecule is Cc1ccccc1N1CCN(CCCCc2ccc(/C(CCC(=O)O)=N\O)cc2)CC1. The Labute approximate surface area is 184 Å². The molecule has 2 aromatic carbocycles. The molecule has 0 amide bonds. The van der Waals surface area contributed by atoms with E-state index < -0.39 is 5.97 Å². The van der Waals surface area contributed by atoms with E-state index in [1.54, 1.807) is 0 Å². The number of rotatable bonds is 10. The Kier molecular flexibility index (Phi) is 8.47. The molecule has 0 spiro atoms. The molecular weight excluding hydrogens is 390 g/mol. The number of aliphatic carboxylic acids is 1. The maximum atomic E-state index is 10.7. The Morgan fingerprint density at radius 2 is 1.68 bits per heavy atom. The minimum Gasteiger partial charge on any atom is -0.481 e. The van der Waals surface area contributed by atoms with Crippen LogP contribution in [0.5, 0.6) is 0 Å². The number of hydrogen-bond donors (Lipinski definition) is 2. The van der Waals surface area contributed by atoms with E-state index in [1.165, 1.54) is 23.2 Å². The fraction of sp³-hybridized carbons (Fsp3) is 0.440. The van der Waals surface area contributed by atoms with Crippen molar-refractivity contribution in [1.29, 1.82) is 0 Å². The summed E-state index contributed by atoms with van der Waals surface area (Å²) in [6.07, 6.45) is 3.51. The van der Waals surface area contributed by atoms with Gasteiger partial charge in [0.05, 0.1) is 12.1 Å². The third kappa shape index (κ3) is 6.82. The van der Waals surface area contributed by atoms with E-state index in [4.69, 9.17) is 10.3 Å². The lowest BCUT2D eigenvalue weighted by Gasteiger charge is -2.36. The highest BCUT2D eigenvalue weighted by atomic mass is 16.4. The summed E-state index contributed by atoms with van der Waals surface area (Å²) in [5.41, 5.74) is 5.16. The van der Waals surface area contributed by atoms with Crippen LogP contribution in [0, 0.1) is 6.92 Å². The van der Waals surface area contributed by atoms with Crippen LogP contribution in [0.4, 0.5) is 5.69 Å². The highest BCUT2D eigenvalue weighted by Gasteiger charge is 2.17. The van der Waals surface area contributed by atoms with Crippen molar-refractivity contribution in [3.8, 4) is 0 Å². The quantitative estimate of drug-likeness (QED) is 0.259. The van der Waals surface area contributed by atoms with Crippen LogP contribution < -0.4 is 4.90 Å². The zero-order chi connectivity index (χ0) is 22.1. The minimum absolute atomic E-state index is 0.0413. The summed E-state index contributed by atoms with van der Waals surface area (Å²) < 4.78 is 0. The third-order valence-electron chi connectivity index (χ3n) is 6.00. The first-order valence-electron chi connectivity index (χ1n) is 11.1. The maximum Gasteiger partial charge on any atom is 0.303 e. The highest BCUT2D eigenvalue weighted by molar-refractivity contribution is 6.01. The largest absolute Gasteiger partial charge is 0.481 e. The molecule has 1 fully saturated rings. The topological polar surface area (TPSA) is 76.4 Å². The molecule has 1 saturated heterocycles. The fourth-order valence-electron chi connectivity index (χ4n) is 4.14. The average molecular weight is 424 g/mol. The van der Waals surface area contributed by atoms with Crippen LogP contribution in [0.1, 0.15) is 42.4 Å². The van der Waals surface area contributed by atoms with Crippen molar-refractivity contribution in [2.45, 2.75) is 39.0 Å². The van der Waals surface area contributed by atoms with Crippen LogP contribution >= 0.6 is 0 Å². The predicted octanol–water partition coefficient (Wildman–Crippen LogP) is 4.18. The van der Waals surface area contributed by atoms with E-state index in [2.05, 4.69) is 46.1 Å². The number of carboxylic acids is 1. The molecule has 0 aliphatic carbocycles. The molecule has 2 N–H and O–H groups in total. The molecule has 1 aliphatic rings. The molecule has 31 heavy (non-hydrogen) atoms. The number of piperazine rings is 1. The van der Waals surface area contributed by atoms with Gasteiger partial charge in [-0.2, -0.15) is 0 Å². The third-order valence-corrected chi connectivity index (χ3v) is 6.00. The van der Waals surface area contributed by atoms with E-state index in [9.17, 15) is 4.79 Å². The number of hydrogen-bond acceptors (Lipinski definition) is 5. The normalized spacial score (nSPS) is 15.3. The lowest BCUT2D eigenvalue weighted by molar-refractivity contribution is -0.136. The van der Waals surface area contributed by atoms with Crippen LogP contribution in [0.2, 0.25) is 0 Å². The molecule has 0 radical (unpaired) electrons. The first kappa shape index (κ1) is 22.8. The molecule has 6 nitrogen and oxygen atoms in total. The molecule has 166 valence electrons. The number of carboxylic acid groups (broad SMARTS) is 1. The molecule has 0 aromatic heterocycles. The molecule has 1 aliphatic heterocycles. The number of anilines is 1. The van der Waals surface area contributed by atoms with E-state index in [-0.39, 0.29) is 12.8 Å². The zero-order valence-corrected chi connectivity index (χ0v) is 18.3. The molecule has 2 aromatic rings. The van der Waals surface area contributed by atoms with Gasteiger partial charge >= 0.3 is 5.97 Å². The van der Waals surface area contributed by atoms with Crippen molar-refractivity contribution in [2.24, 2.45) is 5.16 Å². The van der Waals surface area contributed by atoms with Crippen molar-refractivity contribution in [3.63, 3.8) is 0 Å². The Balaban J connectivity index is 1.37. The number of oxime groups is 1. The number of aryl methyl sites for hydroxylation is 2. The monoisotopic (exact) mass is 423 g/mol. The predicted molar refractivity (Wildman–Crippen MR) is 124 cm³/mol. The summed E-state index contributed by atoms with van der Waals surface area (Å²) in [4.78, 5) is 15.8. The van der Waals surface area contributed by atoms with Gasteiger partial charge in [0.1, 0.15) is 0 Å². The lowest BCUT2D eigenvalue weighted by atomic mass is 10.0. The van der Waals surface area contributed by atoms with Crippen LogP contribution in [-0.2, 0) is 11.2 Å². The average Bonchev–Trinajstić information content (AvgIpc) is 2.79. The summed E-state index contributed by atoms with van der Waals surface area (Å²) >= 11 is 0. The Bertz CT molecular complexity index is 872. The van der Waals surface area contributed by atoms with E-state index >= 15 is 0 Å². The number of nitrogens with zero attached hydrogens (tertiary/aromatic N) is 3. The zero-order valence-electron chi connectivity index (χ0n) is 18.3. The summed E-state index contributed by atoms with van der Waals surface area (Å²) in [6.45, 7) is 7.72. The first-order valence-corrected chi connectivity index (χ1v) is 11.1. The van der Waals surface area contributed by atoms with Gasteiger partial charge in [-0.3, -0.25) is 9.69 Å². The second-order valence-electron chi connectivity index (χ2n) is 8.21. The van der Waals surface area contributed by atoms with Crippen LogP contribution in [0.25, 0.3) is 0 Å². The fourth-order valence-corrected chi connectivity index (χ4v) is 4.14. The van der Waals surface area contributed by atoms with Gasteiger partial charge in [-0.05, 0) is 55.5 Å². The minimum atomic E-state index is -0.894. The summed E-state index contributed by atoms with van der Waals surface area (Å²) in [5, 5.41) is 21.2. The number of carbonyl (C=O) groups is 1. The number of para-hydroxylation sites is 1. The van der Waals surface area contributed by atoms with E-state index in [0.29, 0.717) is 5.71 Å². The van der Waals surface area contributed by atoms with Gasteiger partial charge in [-0.15, -0.1) is 0 Å². The molecule has 0 saturated carbocycles. The molecule has 3 rings (SSSR count). The van der Waals surface area contributed by atoms with Gasteiger partial charge in [0.25, 0.3) is 0 Å². The Morgan fingerprint density at radius 3 is 2.32 bits per heavy atom. The van der Waals surface area contributed by atoms with Gasteiger partial charge in [0.15, 0.2) is 0 Å². The van der Waals surface area contributed by atoms with Gasteiger partial charge in [0, 0.05) is 38.3 Å². The lowest BCUT2D eigenvalue weighted by Crippen LogP contribution is -2.46. The van der Waals surface area contributed by atoms with Crippen molar-refractivity contribution in [3.05, 3.63) is 65.2 Å². The second kappa shape index (κ2) is 11.5. The van der Waals surface area contributed by atoms with E-state index in [0.717, 1.165) is 51.1 Å². The second-order valence-corrected chi connectivity index (χ2v) is 8.21. The molecule has 1 heterocycles. The molecule has 0 atom stereocenters. The van der Waals surface area contributed by atoms with Crippen LogP contribution in [0.3, 0.4) is 0 Å². The summed E-state index contributed by atoms with van der Waals surface area (Å²) in [6, 6.07) is 16.5. The van der Waals surface area contributed by atoms with Gasteiger partial charge in [-0.25, -0.2) is 0 Å². The maximum absolute atomic E-state index is 10.7. The number of unbranched alkanes of at least 4 members (excludes halogenated alkanes) is 1. The van der Waals surface area contributed by atoms with E-state index in [1.807, 2.05) is 24.3 Å². The van der Waals surface area contributed by atoms with Crippen molar-refractivity contribution < 1.29 is 15.1 Å². The first-order chi connectivity index (χ1) is 15.1. The van der Waals surface area contributed by atoms with Gasteiger partial charge in [0.2, 0.25) is 0 Å². The Hall–Kier alpha value is -2.86. The van der Waals surface area contributed by atoms with Gasteiger partial charge in [-0.1, -0.05) is 47.6 Å². The molecule has 6 heteroatoms. The summed E-state index contributed by atoms with van der Waals surface area (Å²) in [7, 11) is 0. The molecule has 0 unspecified atom stereocenters. The highest BCUT2D eigenvalue weighted by Crippen LogP contribution is 2.21. The van der Waals surface area contributed by atoms with Crippen molar-refractivity contribution >= 4 is 17.4 Å². The molecular formula is C25H33N3O3. The summed E-state index contributed by atoms with van der Waals surface area (Å²) in [5.74, 6) is -0.894. The van der Waals surface area contributed by atoms with Crippen molar-refractivity contribution in [1.82, 2.24) is 4.90 Å². The number of benzene rings is 2. The standard InChI is InChI=1S/C25H33N3O3/c1-20-6-2-3-8-24(20)28-18-16-27(17-19-28)15-5-4-7-21-9-11-22(12-10-21)23(26-31)13-14-25(29)30/h2-3,6,8-12,31H,4-5,7,13-19H2,1H3,(H,29,30)/b26-23-. The van der Waals surface area contributed by atoms with Crippen LogP contribution in [0.15, 0.2) is 53.7 Å².